The largest absolute Gasteiger partial charge is 0.395 e. The summed E-state index contributed by atoms with van der Waals surface area (Å²) in [6, 6.07) is 11.1. The molecule has 1 aliphatic heterocycles. The average molecular weight is 234 g/mol. The van der Waals surface area contributed by atoms with Crippen LogP contribution in [0.5, 0.6) is 0 Å². The Bertz CT molecular complexity index is 328. The van der Waals surface area contributed by atoms with E-state index < -0.39 is 0 Å². The Morgan fingerprint density at radius 2 is 2.12 bits per heavy atom. The molecule has 2 atom stereocenters. The van der Waals surface area contributed by atoms with E-state index in [0.717, 1.165) is 26.1 Å². The van der Waals surface area contributed by atoms with Crippen LogP contribution >= 0.6 is 0 Å². The molecule has 0 aromatic heterocycles. The third kappa shape index (κ3) is 3.06. The second kappa shape index (κ2) is 6.15. The molecule has 0 saturated carbocycles. The topological polar surface area (TPSA) is 35.5 Å². The fourth-order valence-electron chi connectivity index (χ4n) is 2.62. The van der Waals surface area contributed by atoms with Gasteiger partial charge in [-0.15, -0.1) is 0 Å². The van der Waals surface area contributed by atoms with Crippen molar-refractivity contribution in [3.63, 3.8) is 0 Å². The van der Waals surface area contributed by atoms with Gasteiger partial charge in [0.15, 0.2) is 0 Å². The minimum Gasteiger partial charge on any atom is -0.395 e. The first-order valence-electron chi connectivity index (χ1n) is 6.47. The number of hydrogen-bond acceptors (Lipinski definition) is 3. The first-order chi connectivity index (χ1) is 8.35. The van der Waals surface area contributed by atoms with E-state index in [9.17, 15) is 5.11 Å². The van der Waals surface area contributed by atoms with E-state index in [4.69, 9.17) is 0 Å². The predicted molar refractivity (Wildman–Crippen MR) is 69.8 cm³/mol. The molecule has 2 N–H and O–H groups in total. The standard InChI is InChI=1S/C14H22N2O/c1-2-13-14(11-17)16(9-8-15-13)10-12-6-4-3-5-7-12/h3-7,13-15,17H,2,8-11H2,1H3/t13-,14-/m1/s1. The molecule has 3 heteroatoms. The molecule has 1 heterocycles. The Kier molecular flexibility index (Phi) is 4.54. The molecule has 94 valence electrons. The lowest BCUT2D eigenvalue weighted by Crippen LogP contribution is -2.58. The number of piperazine rings is 1. The molecule has 0 radical (unpaired) electrons. The summed E-state index contributed by atoms with van der Waals surface area (Å²) in [5.74, 6) is 0. The van der Waals surface area contributed by atoms with Crippen LogP contribution in [0.2, 0.25) is 0 Å². The first kappa shape index (κ1) is 12.6. The predicted octanol–water partition coefficient (Wildman–Crippen LogP) is 1.23. The number of benzene rings is 1. The Morgan fingerprint density at radius 3 is 2.76 bits per heavy atom. The molecular formula is C14H22N2O. The van der Waals surface area contributed by atoms with Gasteiger partial charge in [0.05, 0.1) is 6.61 Å². The Balaban J connectivity index is 2.03. The van der Waals surface area contributed by atoms with Crippen LogP contribution in [0.15, 0.2) is 30.3 Å². The van der Waals surface area contributed by atoms with Crippen molar-refractivity contribution in [1.29, 1.82) is 0 Å². The van der Waals surface area contributed by atoms with E-state index in [1.807, 2.05) is 6.07 Å². The van der Waals surface area contributed by atoms with Gasteiger partial charge >= 0.3 is 0 Å². The molecule has 1 aromatic rings. The number of aliphatic hydroxyl groups excluding tert-OH is 1. The SMILES string of the molecule is CC[C@H]1NCCN(Cc2ccccc2)[C@@H]1CO. The average Bonchev–Trinajstić information content (AvgIpc) is 2.39. The summed E-state index contributed by atoms with van der Waals surface area (Å²) in [6.45, 7) is 5.37. The van der Waals surface area contributed by atoms with E-state index in [2.05, 4.69) is 41.4 Å². The highest BCUT2D eigenvalue weighted by Gasteiger charge is 2.29. The zero-order valence-electron chi connectivity index (χ0n) is 10.5. The van der Waals surface area contributed by atoms with Crippen molar-refractivity contribution in [3.05, 3.63) is 35.9 Å². The van der Waals surface area contributed by atoms with Gasteiger partial charge in [-0.2, -0.15) is 0 Å². The Morgan fingerprint density at radius 1 is 1.35 bits per heavy atom. The fraction of sp³-hybridized carbons (Fsp3) is 0.571. The second-order valence-electron chi connectivity index (χ2n) is 4.67. The number of aliphatic hydroxyl groups is 1. The van der Waals surface area contributed by atoms with Crippen molar-refractivity contribution in [2.75, 3.05) is 19.7 Å². The molecule has 0 unspecified atom stereocenters. The fourth-order valence-corrected chi connectivity index (χ4v) is 2.62. The van der Waals surface area contributed by atoms with Gasteiger partial charge in [0.25, 0.3) is 0 Å². The maximum absolute atomic E-state index is 9.56. The summed E-state index contributed by atoms with van der Waals surface area (Å²) < 4.78 is 0. The highest BCUT2D eigenvalue weighted by molar-refractivity contribution is 5.15. The first-order valence-corrected chi connectivity index (χ1v) is 6.47. The molecule has 1 fully saturated rings. The summed E-state index contributed by atoms with van der Waals surface area (Å²) in [5, 5.41) is 13.0. The maximum atomic E-state index is 9.56. The molecular weight excluding hydrogens is 212 g/mol. The molecule has 1 aliphatic rings. The molecule has 1 aromatic carbocycles. The van der Waals surface area contributed by atoms with Gasteiger partial charge in [-0.05, 0) is 12.0 Å². The normalized spacial score (nSPS) is 26.0. The number of nitrogens with zero attached hydrogens (tertiary/aromatic N) is 1. The van der Waals surface area contributed by atoms with Crippen molar-refractivity contribution in [1.82, 2.24) is 10.2 Å². The molecule has 0 spiro atoms. The summed E-state index contributed by atoms with van der Waals surface area (Å²) >= 11 is 0. The van der Waals surface area contributed by atoms with Gasteiger partial charge in [-0.3, -0.25) is 4.90 Å². The van der Waals surface area contributed by atoms with Crippen molar-refractivity contribution in [3.8, 4) is 0 Å². The number of rotatable bonds is 4. The quantitative estimate of drug-likeness (QED) is 0.822. The monoisotopic (exact) mass is 234 g/mol. The highest BCUT2D eigenvalue weighted by atomic mass is 16.3. The minimum atomic E-state index is 0.234. The lowest BCUT2D eigenvalue weighted by atomic mass is 10.0. The third-order valence-corrected chi connectivity index (χ3v) is 3.59. The highest BCUT2D eigenvalue weighted by Crippen LogP contribution is 2.15. The zero-order chi connectivity index (χ0) is 12.1. The van der Waals surface area contributed by atoms with Gasteiger partial charge in [0, 0.05) is 31.7 Å². The van der Waals surface area contributed by atoms with Gasteiger partial charge in [-0.1, -0.05) is 37.3 Å². The third-order valence-electron chi connectivity index (χ3n) is 3.59. The van der Waals surface area contributed by atoms with E-state index in [0.29, 0.717) is 6.04 Å². The maximum Gasteiger partial charge on any atom is 0.0602 e. The lowest BCUT2D eigenvalue weighted by molar-refractivity contribution is 0.0605. The van der Waals surface area contributed by atoms with Crippen LogP contribution in [0.4, 0.5) is 0 Å². The molecule has 0 bridgehead atoms. The molecule has 1 saturated heterocycles. The lowest BCUT2D eigenvalue weighted by Gasteiger charge is -2.41. The second-order valence-corrected chi connectivity index (χ2v) is 4.67. The molecule has 0 aliphatic carbocycles. The number of hydrogen-bond donors (Lipinski definition) is 2. The smallest absolute Gasteiger partial charge is 0.0602 e. The van der Waals surface area contributed by atoms with Gasteiger partial charge in [0.2, 0.25) is 0 Å². The van der Waals surface area contributed by atoms with Crippen LogP contribution in [-0.2, 0) is 6.54 Å². The summed E-state index contributed by atoms with van der Waals surface area (Å²) in [4.78, 5) is 2.39. The Hall–Kier alpha value is -0.900. The van der Waals surface area contributed by atoms with E-state index in [1.54, 1.807) is 0 Å². The van der Waals surface area contributed by atoms with Crippen LogP contribution in [0, 0.1) is 0 Å². The van der Waals surface area contributed by atoms with Crippen LogP contribution in [0.25, 0.3) is 0 Å². The van der Waals surface area contributed by atoms with E-state index in [1.165, 1.54) is 5.56 Å². The van der Waals surface area contributed by atoms with Crippen molar-refractivity contribution in [2.24, 2.45) is 0 Å². The molecule has 3 nitrogen and oxygen atoms in total. The molecule has 2 rings (SSSR count). The van der Waals surface area contributed by atoms with Gasteiger partial charge < -0.3 is 10.4 Å². The molecule has 0 amide bonds. The van der Waals surface area contributed by atoms with E-state index >= 15 is 0 Å². The Labute approximate surface area is 103 Å². The zero-order valence-corrected chi connectivity index (χ0v) is 10.5. The minimum absolute atomic E-state index is 0.234. The summed E-state index contributed by atoms with van der Waals surface area (Å²) in [5.41, 5.74) is 1.32. The van der Waals surface area contributed by atoms with E-state index in [-0.39, 0.29) is 12.6 Å². The van der Waals surface area contributed by atoms with Crippen LogP contribution in [0.3, 0.4) is 0 Å². The van der Waals surface area contributed by atoms with Crippen molar-refractivity contribution >= 4 is 0 Å². The summed E-state index contributed by atoms with van der Waals surface area (Å²) in [7, 11) is 0. The van der Waals surface area contributed by atoms with Crippen molar-refractivity contribution in [2.45, 2.75) is 32.0 Å². The van der Waals surface area contributed by atoms with Crippen LogP contribution in [0.1, 0.15) is 18.9 Å². The van der Waals surface area contributed by atoms with Gasteiger partial charge in [-0.25, -0.2) is 0 Å². The van der Waals surface area contributed by atoms with Crippen molar-refractivity contribution < 1.29 is 5.11 Å². The van der Waals surface area contributed by atoms with Gasteiger partial charge in [0.1, 0.15) is 0 Å². The van der Waals surface area contributed by atoms with Crippen LogP contribution < -0.4 is 5.32 Å². The number of nitrogens with one attached hydrogen (secondary N) is 1. The van der Waals surface area contributed by atoms with Crippen LogP contribution in [-0.4, -0.2) is 41.8 Å². The summed E-state index contributed by atoms with van der Waals surface area (Å²) in [6.07, 6.45) is 1.07. The molecule has 17 heavy (non-hydrogen) atoms.